The van der Waals surface area contributed by atoms with E-state index >= 15 is 0 Å². The van der Waals surface area contributed by atoms with E-state index in [2.05, 4.69) is 25.2 Å². The van der Waals surface area contributed by atoms with E-state index in [0.717, 1.165) is 36.9 Å². The van der Waals surface area contributed by atoms with Crippen molar-refractivity contribution in [2.24, 2.45) is 0 Å². The topological polar surface area (TPSA) is 66.8 Å². The zero-order valence-electron chi connectivity index (χ0n) is 15.6. The van der Waals surface area contributed by atoms with Gasteiger partial charge in [-0.25, -0.2) is 9.37 Å². The number of aromatic nitrogens is 4. The van der Waals surface area contributed by atoms with Gasteiger partial charge in [0, 0.05) is 32.0 Å². The van der Waals surface area contributed by atoms with Crippen LogP contribution in [-0.2, 0) is 12.2 Å². The minimum absolute atomic E-state index is 0.428. The zero-order chi connectivity index (χ0) is 18.9. The maximum absolute atomic E-state index is 14.5. The lowest BCUT2D eigenvalue weighted by molar-refractivity contribution is 0.212. The van der Waals surface area contributed by atoms with E-state index in [0.29, 0.717) is 29.7 Å². The van der Waals surface area contributed by atoms with E-state index < -0.39 is 5.67 Å². The van der Waals surface area contributed by atoms with Crippen molar-refractivity contribution >= 4 is 22.8 Å². The van der Waals surface area contributed by atoms with Crippen LogP contribution in [0, 0.1) is 0 Å². The van der Waals surface area contributed by atoms with Crippen molar-refractivity contribution in [1.82, 2.24) is 19.9 Å². The first-order valence-electron chi connectivity index (χ1n) is 9.27. The van der Waals surface area contributed by atoms with Gasteiger partial charge in [0.2, 0.25) is 5.95 Å². The molecule has 1 fully saturated rings. The fraction of sp³-hybridized carbons (Fsp3) is 0.400. The summed E-state index contributed by atoms with van der Waals surface area (Å²) in [7, 11) is 0. The number of hydrogen-bond acceptors (Lipinski definition) is 6. The molecular formula is C20H23FN6. The molecule has 3 aromatic rings. The van der Waals surface area contributed by atoms with Gasteiger partial charge in [-0.15, -0.1) is 0 Å². The lowest BCUT2D eigenvalue weighted by Crippen LogP contribution is -2.21. The van der Waals surface area contributed by atoms with Crippen LogP contribution in [-0.4, -0.2) is 33.0 Å². The molecule has 0 unspecified atom stereocenters. The molecule has 0 saturated carbocycles. The van der Waals surface area contributed by atoms with Gasteiger partial charge in [-0.2, -0.15) is 9.97 Å². The summed E-state index contributed by atoms with van der Waals surface area (Å²) in [6, 6.07) is 7.52. The van der Waals surface area contributed by atoms with Crippen LogP contribution in [0.1, 0.15) is 37.9 Å². The Hall–Kier alpha value is -2.83. The monoisotopic (exact) mass is 366 g/mol. The van der Waals surface area contributed by atoms with Crippen LogP contribution in [0.4, 0.5) is 16.2 Å². The van der Waals surface area contributed by atoms with Gasteiger partial charge in [0.05, 0.1) is 11.1 Å². The summed E-state index contributed by atoms with van der Waals surface area (Å²) < 4.78 is 14.5. The SMILES string of the molecule is CC(C)(F)c1ncccc1CNc1nc(N2CCCC2)nc2ncccc12. The number of nitrogens with zero attached hydrogens (tertiary/aromatic N) is 5. The second kappa shape index (κ2) is 7.06. The molecule has 1 aliphatic rings. The Kier molecular flexibility index (Phi) is 4.59. The van der Waals surface area contributed by atoms with Gasteiger partial charge in [0.25, 0.3) is 0 Å². The van der Waals surface area contributed by atoms with Gasteiger partial charge in [0.15, 0.2) is 5.65 Å². The second-order valence-electron chi connectivity index (χ2n) is 7.28. The minimum Gasteiger partial charge on any atom is -0.365 e. The van der Waals surface area contributed by atoms with Gasteiger partial charge >= 0.3 is 0 Å². The maximum Gasteiger partial charge on any atom is 0.229 e. The summed E-state index contributed by atoms with van der Waals surface area (Å²) in [5.74, 6) is 1.40. The molecule has 0 radical (unpaired) electrons. The lowest BCUT2D eigenvalue weighted by atomic mass is 10.0. The molecule has 3 aromatic heterocycles. The van der Waals surface area contributed by atoms with Crippen molar-refractivity contribution in [2.45, 2.75) is 38.9 Å². The van der Waals surface area contributed by atoms with E-state index in [4.69, 9.17) is 4.98 Å². The van der Waals surface area contributed by atoms with Crippen molar-refractivity contribution in [2.75, 3.05) is 23.3 Å². The molecule has 1 saturated heterocycles. The quantitative estimate of drug-likeness (QED) is 0.740. The highest BCUT2D eigenvalue weighted by Gasteiger charge is 2.24. The minimum atomic E-state index is -1.51. The van der Waals surface area contributed by atoms with E-state index in [9.17, 15) is 4.39 Å². The van der Waals surface area contributed by atoms with Gasteiger partial charge in [-0.3, -0.25) is 4.98 Å². The highest BCUT2D eigenvalue weighted by Crippen LogP contribution is 2.28. The van der Waals surface area contributed by atoms with E-state index in [1.807, 2.05) is 24.3 Å². The van der Waals surface area contributed by atoms with Crippen molar-refractivity contribution < 1.29 is 4.39 Å². The number of rotatable bonds is 5. The molecule has 1 aliphatic heterocycles. The standard InChI is InChI=1S/C20H23FN6/c1-20(2,21)16-14(7-5-9-22-16)13-24-18-15-8-6-10-23-17(15)25-19(26-18)27-11-3-4-12-27/h5-10H,3-4,11-13H2,1-2H3,(H,23,24,25,26). The number of fused-ring (bicyclic) bond motifs is 1. The summed E-state index contributed by atoms with van der Waals surface area (Å²) in [6.45, 7) is 5.39. The average Bonchev–Trinajstić information content (AvgIpc) is 3.20. The molecule has 0 amide bonds. The predicted molar refractivity (Wildman–Crippen MR) is 104 cm³/mol. The third-order valence-corrected chi connectivity index (χ3v) is 4.75. The number of nitrogens with one attached hydrogen (secondary N) is 1. The van der Waals surface area contributed by atoms with Crippen LogP contribution < -0.4 is 10.2 Å². The van der Waals surface area contributed by atoms with Crippen molar-refractivity contribution in [3.8, 4) is 0 Å². The Morgan fingerprint density at radius 1 is 1.07 bits per heavy atom. The van der Waals surface area contributed by atoms with Gasteiger partial charge in [0.1, 0.15) is 11.5 Å². The number of anilines is 2. The summed E-state index contributed by atoms with van der Waals surface area (Å²) in [6.07, 6.45) is 5.65. The molecule has 0 atom stereocenters. The lowest BCUT2D eigenvalue weighted by Gasteiger charge is -2.19. The Morgan fingerprint density at radius 3 is 2.59 bits per heavy atom. The zero-order valence-corrected chi connectivity index (χ0v) is 15.6. The first kappa shape index (κ1) is 17.6. The summed E-state index contributed by atoms with van der Waals surface area (Å²) in [4.78, 5) is 20.2. The van der Waals surface area contributed by atoms with Crippen molar-refractivity contribution in [3.05, 3.63) is 47.9 Å². The number of halogens is 1. The molecule has 4 heterocycles. The van der Waals surface area contributed by atoms with Crippen LogP contribution in [0.5, 0.6) is 0 Å². The van der Waals surface area contributed by atoms with Crippen molar-refractivity contribution in [1.29, 1.82) is 0 Å². The van der Waals surface area contributed by atoms with Gasteiger partial charge < -0.3 is 10.2 Å². The predicted octanol–water partition coefficient (Wildman–Crippen LogP) is 3.84. The van der Waals surface area contributed by atoms with Crippen LogP contribution in [0.2, 0.25) is 0 Å². The highest BCUT2D eigenvalue weighted by atomic mass is 19.1. The normalized spacial score (nSPS) is 14.7. The molecule has 0 aliphatic carbocycles. The van der Waals surface area contributed by atoms with Crippen LogP contribution in [0.3, 0.4) is 0 Å². The molecular weight excluding hydrogens is 343 g/mol. The molecule has 1 N–H and O–H groups in total. The molecule has 7 heteroatoms. The second-order valence-corrected chi connectivity index (χ2v) is 7.28. The molecule has 0 bridgehead atoms. The maximum atomic E-state index is 14.5. The Bertz CT molecular complexity index is 947. The Morgan fingerprint density at radius 2 is 1.81 bits per heavy atom. The van der Waals surface area contributed by atoms with E-state index in [-0.39, 0.29) is 0 Å². The largest absolute Gasteiger partial charge is 0.365 e. The van der Waals surface area contributed by atoms with Crippen LogP contribution in [0.25, 0.3) is 11.0 Å². The Balaban J connectivity index is 1.68. The first-order valence-corrected chi connectivity index (χ1v) is 9.27. The average molecular weight is 366 g/mol. The summed E-state index contributed by atoms with van der Waals surface area (Å²) >= 11 is 0. The van der Waals surface area contributed by atoms with E-state index in [1.165, 1.54) is 13.8 Å². The fourth-order valence-corrected chi connectivity index (χ4v) is 3.44. The Labute approximate surface area is 157 Å². The third-order valence-electron chi connectivity index (χ3n) is 4.75. The first-order chi connectivity index (χ1) is 13.0. The number of pyridine rings is 2. The summed E-state index contributed by atoms with van der Waals surface area (Å²) in [5.41, 5.74) is 0.403. The highest BCUT2D eigenvalue weighted by molar-refractivity contribution is 5.87. The van der Waals surface area contributed by atoms with Crippen LogP contribution in [0.15, 0.2) is 36.7 Å². The van der Waals surface area contributed by atoms with Gasteiger partial charge in [-0.1, -0.05) is 6.07 Å². The molecule has 6 nitrogen and oxygen atoms in total. The number of hydrogen-bond donors (Lipinski definition) is 1. The molecule has 4 rings (SSSR count). The summed E-state index contributed by atoms with van der Waals surface area (Å²) in [5, 5.41) is 4.21. The van der Waals surface area contributed by atoms with Crippen LogP contribution >= 0.6 is 0 Å². The fourth-order valence-electron chi connectivity index (χ4n) is 3.44. The number of alkyl halides is 1. The molecule has 0 spiro atoms. The van der Waals surface area contributed by atoms with Crippen molar-refractivity contribution in [3.63, 3.8) is 0 Å². The molecule has 140 valence electrons. The third kappa shape index (κ3) is 3.67. The molecule has 0 aromatic carbocycles. The van der Waals surface area contributed by atoms with Gasteiger partial charge in [-0.05, 0) is 50.5 Å². The smallest absolute Gasteiger partial charge is 0.229 e. The molecule has 27 heavy (non-hydrogen) atoms. The van der Waals surface area contributed by atoms with E-state index in [1.54, 1.807) is 12.4 Å².